The zero-order chi connectivity index (χ0) is 43.6. The van der Waals surface area contributed by atoms with Gasteiger partial charge in [-0.2, -0.15) is 0 Å². The van der Waals surface area contributed by atoms with E-state index in [0.29, 0.717) is 24.9 Å². The second kappa shape index (κ2) is 44.8. The van der Waals surface area contributed by atoms with Crippen LogP contribution in [0.15, 0.2) is 30.3 Å². The highest BCUT2D eigenvalue weighted by molar-refractivity contribution is 5.88. The number of nitrogens with zero attached hydrogens (tertiary/aromatic N) is 2. The fraction of sp³-hybridized carbons (Fsp3) is 0.738. The van der Waals surface area contributed by atoms with Crippen molar-refractivity contribution in [2.75, 3.05) is 54.5 Å². The molecule has 1 aromatic carbocycles. The molecule has 5 N–H and O–H groups in total. The molecule has 1 saturated heterocycles. The van der Waals surface area contributed by atoms with Gasteiger partial charge in [0.2, 0.25) is 24.1 Å². The molecule has 13 heteroatoms. The number of ether oxygens (including phenoxy) is 1. The molecular weight excluding hydrogens is 702 g/mol. The minimum Gasteiger partial charge on any atom is -0.480 e. The van der Waals surface area contributed by atoms with Crippen molar-refractivity contribution in [3.05, 3.63) is 35.9 Å². The standard InChI is InChI=1S/C15H29NO2.C11H23N3O2.C7H8.C3H5NO3.C3H8.C2H6.CH4O/c1-4-6-7-8-11-15(17)16-12-9-10-13(16)14(5-2)18-3;1-6-14(5)7-9(15)13-10(8(2)3)11(16)12-4;1-7-5-3-2-4-6-7;5-2-4-1-3(6)7;1-3-2;2*1-2/h13-14H,4-12H2,1-3H3;8,10H,6-7H2,1-5H3,(H,12,16)(H,13,15);2-6H,1H3;2H,1H2,(H,4,5)(H,6,7);3H2,1-2H3;1-2H3;2H,1H3. The van der Waals surface area contributed by atoms with Gasteiger partial charge in [-0.3, -0.25) is 28.9 Å². The summed E-state index contributed by atoms with van der Waals surface area (Å²) in [6, 6.07) is 10.1. The van der Waals surface area contributed by atoms with Gasteiger partial charge >= 0.3 is 5.97 Å². The lowest BCUT2D eigenvalue weighted by Gasteiger charge is -2.30. The second-order valence-electron chi connectivity index (χ2n) is 12.8. The topological polar surface area (TPSA) is 178 Å². The Labute approximate surface area is 335 Å². The first-order chi connectivity index (χ1) is 26.2. The number of hydrogen-bond acceptors (Lipinski definition) is 8. The van der Waals surface area contributed by atoms with Crippen molar-refractivity contribution in [1.29, 1.82) is 0 Å². The van der Waals surface area contributed by atoms with Gasteiger partial charge in [-0.1, -0.05) is 124 Å². The maximum absolute atomic E-state index is 12.2. The van der Waals surface area contributed by atoms with E-state index >= 15 is 0 Å². The van der Waals surface area contributed by atoms with Gasteiger partial charge in [-0.05, 0) is 52.1 Å². The predicted molar refractivity (Wildman–Crippen MR) is 227 cm³/mol. The highest BCUT2D eigenvalue weighted by Gasteiger charge is 2.33. The second-order valence-corrected chi connectivity index (χ2v) is 12.8. The number of aliphatic hydroxyl groups excluding tert-OH is 1. The fourth-order valence-electron chi connectivity index (χ4n) is 4.86. The number of aliphatic carboxylic acids is 1. The highest BCUT2D eigenvalue weighted by atomic mass is 16.5. The average molecular weight is 786 g/mol. The maximum atomic E-state index is 12.2. The molecule has 3 unspecified atom stereocenters. The van der Waals surface area contributed by atoms with Crippen LogP contribution in [-0.2, 0) is 28.7 Å². The number of likely N-dealkylation sites (N-methyl/N-ethyl adjacent to an activating group) is 2. The Morgan fingerprint density at radius 3 is 1.93 bits per heavy atom. The quantitative estimate of drug-likeness (QED) is 0.0928. The van der Waals surface area contributed by atoms with Crippen LogP contribution in [0.5, 0.6) is 0 Å². The number of carboxylic acid groups (broad SMARTS) is 1. The number of nitrogens with one attached hydrogen (secondary N) is 3. The molecule has 0 radical (unpaired) electrons. The summed E-state index contributed by atoms with van der Waals surface area (Å²) in [5, 5.41) is 22.1. The van der Waals surface area contributed by atoms with Gasteiger partial charge in [0, 0.05) is 34.2 Å². The molecular formula is C42H83N5O8. The van der Waals surface area contributed by atoms with Crippen molar-refractivity contribution in [1.82, 2.24) is 25.8 Å². The zero-order valence-corrected chi connectivity index (χ0v) is 37.2. The Morgan fingerprint density at radius 1 is 1.00 bits per heavy atom. The number of aryl methyl sites for hydroxylation is 1. The predicted octanol–water partition coefficient (Wildman–Crippen LogP) is 6.06. The Hall–Kier alpha value is -3.55. The van der Waals surface area contributed by atoms with E-state index in [4.69, 9.17) is 14.9 Å². The number of rotatable bonds is 17. The molecule has 0 bridgehead atoms. The Morgan fingerprint density at radius 2 is 1.56 bits per heavy atom. The summed E-state index contributed by atoms with van der Waals surface area (Å²) in [6.45, 7) is 22.2. The molecule has 4 amide bonds. The minimum atomic E-state index is -1.04. The Balaban J connectivity index is -0.000000203. The van der Waals surface area contributed by atoms with Crippen molar-refractivity contribution >= 4 is 30.1 Å². The van der Waals surface area contributed by atoms with Crippen LogP contribution in [-0.4, -0.2) is 123 Å². The number of unbranched alkanes of at least 4 members (excludes halogenated alkanes) is 3. The van der Waals surface area contributed by atoms with Gasteiger partial charge in [0.05, 0.1) is 18.7 Å². The largest absolute Gasteiger partial charge is 0.480 e. The first-order valence-corrected chi connectivity index (χ1v) is 20.1. The minimum absolute atomic E-state index is 0.0795. The lowest BCUT2D eigenvalue weighted by molar-refractivity contribution is -0.137. The van der Waals surface area contributed by atoms with E-state index in [1.165, 1.54) is 31.2 Å². The molecule has 1 aliphatic heterocycles. The van der Waals surface area contributed by atoms with Crippen molar-refractivity contribution < 1.29 is 38.9 Å². The molecule has 0 aromatic heterocycles. The third-order valence-electron chi connectivity index (χ3n) is 7.74. The van der Waals surface area contributed by atoms with Crippen molar-refractivity contribution in [2.24, 2.45) is 5.92 Å². The molecule has 1 fully saturated rings. The van der Waals surface area contributed by atoms with E-state index in [9.17, 15) is 24.0 Å². The molecule has 13 nitrogen and oxygen atoms in total. The van der Waals surface area contributed by atoms with Crippen LogP contribution in [0.4, 0.5) is 0 Å². The summed E-state index contributed by atoms with van der Waals surface area (Å²) in [5.41, 5.74) is 1.32. The SMILES string of the molecule is CC.CCC.CCCCCCC(=O)N1CCCC1C(CC)OC.CCN(C)CC(=O)NC(C(=O)NC)C(C)C.CO.Cc1ccccc1.O=CNCC(=O)O. The van der Waals surface area contributed by atoms with Gasteiger partial charge in [-0.25, -0.2) is 0 Å². The number of hydrogen-bond donors (Lipinski definition) is 5. The van der Waals surface area contributed by atoms with Crippen LogP contribution in [0.1, 0.15) is 126 Å². The molecule has 2 rings (SSSR count). The molecule has 55 heavy (non-hydrogen) atoms. The van der Waals surface area contributed by atoms with E-state index < -0.39 is 12.0 Å². The van der Waals surface area contributed by atoms with Crippen molar-refractivity contribution in [3.63, 3.8) is 0 Å². The van der Waals surface area contributed by atoms with Crippen molar-refractivity contribution in [3.8, 4) is 0 Å². The number of likely N-dealkylation sites (tertiary alicyclic amines) is 1. The van der Waals surface area contributed by atoms with Crippen LogP contribution in [0.2, 0.25) is 0 Å². The number of carboxylic acids is 1. The van der Waals surface area contributed by atoms with Crippen LogP contribution in [0.25, 0.3) is 0 Å². The van der Waals surface area contributed by atoms with E-state index in [1.807, 2.05) is 70.1 Å². The summed E-state index contributed by atoms with van der Waals surface area (Å²) >= 11 is 0. The highest BCUT2D eigenvalue weighted by Crippen LogP contribution is 2.24. The zero-order valence-electron chi connectivity index (χ0n) is 37.2. The molecule has 1 aromatic rings. The number of aliphatic hydroxyl groups is 1. The average Bonchev–Trinajstić information content (AvgIpc) is 3.67. The normalized spacial score (nSPS) is 13.3. The van der Waals surface area contributed by atoms with Gasteiger partial charge < -0.3 is 35.8 Å². The summed E-state index contributed by atoms with van der Waals surface area (Å²) in [4.78, 5) is 58.2. The van der Waals surface area contributed by atoms with Gasteiger partial charge in [0.15, 0.2) is 0 Å². The summed E-state index contributed by atoms with van der Waals surface area (Å²) in [5.74, 6) is -0.888. The molecule has 0 aliphatic carbocycles. The third-order valence-corrected chi connectivity index (χ3v) is 7.74. The van der Waals surface area contributed by atoms with Crippen LogP contribution < -0.4 is 16.0 Å². The number of methoxy groups -OCH3 is 1. The lowest BCUT2D eigenvalue weighted by atomic mass is 10.0. The molecule has 1 heterocycles. The molecule has 3 atom stereocenters. The van der Waals surface area contributed by atoms with Crippen LogP contribution in [0, 0.1) is 12.8 Å². The summed E-state index contributed by atoms with van der Waals surface area (Å²) in [6.07, 6.45) is 10.4. The first kappa shape index (κ1) is 60.7. The number of carbonyl (C=O) groups excluding carboxylic acids is 4. The molecule has 324 valence electrons. The molecule has 0 spiro atoms. The van der Waals surface area contributed by atoms with Crippen LogP contribution in [0.3, 0.4) is 0 Å². The fourth-order valence-corrected chi connectivity index (χ4v) is 4.86. The number of carbonyl (C=O) groups is 5. The Bertz CT molecular complexity index is 1030. The van der Waals surface area contributed by atoms with E-state index in [2.05, 4.69) is 62.3 Å². The molecule has 0 saturated carbocycles. The third kappa shape index (κ3) is 37.2. The monoisotopic (exact) mass is 786 g/mol. The summed E-state index contributed by atoms with van der Waals surface area (Å²) < 4.78 is 5.51. The smallest absolute Gasteiger partial charge is 0.322 e. The Kier molecular flexibility index (Phi) is 49.5. The lowest BCUT2D eigenvalue weighted by Crippen LogP contribution is -2.50. The van der Waals surface area contributed by atoms with E-state index in [1.54, 1.807) is 14.2 Å². The van der Waals surface area contributed by atoms with Gasteiger partial charge in [-0.15, -0.1) is 0 Å². The van der Waals surface area contributed by atoms with Crippen molar-refractivity contribution in [2.45, 2.75) is 145 Å². The van der Waals surface area contributed by atoms with Gasteiger partial charge in [0.25, 0.3) is 0 Å². The first-order valence-electron chi connectivity index (χ1n) is 20.1. The number of benzene rings is 1. The van der Waals surface area contributed by atoms with E-state index in [0.717, 1.165) is 52.3 Å². The number of amides is 4. The maximum Gasteiger partial charge on any atom is 0.322 e. The molecule has 1 aliphatic rings. The van der Waals surface area contributed by atoms with Crippen LogP contribution >= 0.6 is 0 Å². The van der Waals surface area contributed by atoms with E-state index in [-0.39, 0.29) is 30.4 Å². The summed E-state index contributed by atoms with van der Waals surface area (Å²) in [7, 11) is 6.20. The van der Waals surface area contributed by atoms with Gasteiger partial charge in [0.1, 0.15) is 12.6 Å².